The Morgan fingerprint density at radius 3 is 2.18 bits per heavy atom. The minimum Gasteiger partial charge on any atom is -0.437 e. The van der Waals surface area contributed by atoms with E-state index in [1.165, 1.54) is 11.1 Å². The molecule has 0 aliphatic rings. The first-order valence-corrected chi connectivity index (χ1v) is 6.32. The van der Waals surface area contributed by atoms with Crippen molar-refractivity contribution in [2.45, 2.75) is 52.4 Å². The molecule has 0 saturated heterocycles. The fourth-order valence-corrected chi connectivity index (χ4v) is 1.97. The molecule has 3 heteroatoms. The molecular weight excluding hydrogens is 209 g/mol. The summed E-state index contributed by atoms with van der Waals surface area (Å²) in [7, 11) is -0.446. The lowest BCUT2D eigenvalue weighted by molar-refractivity contribution is 0.526. The van der Waals surface area contributed by atoms with Crippen LogP contribution in [0.1, 0.15) is 38.8 Å². The minimum atomic E-state index is -0.446. The van der Waals surface area contributed by atoms with E-state index in [0.29, 0.717) is 0 Å². The molecule has 0 bridgehead atoms. The lowest BCUT2D eigenvalue weighted by Crippen LogP contribution is -2.39. The summed E-state index contributed by atoms with van der Waals surface area (Å²) in [6.07, 6.45) is 0.940. The van der Waals surface area contributed by atoms with Crippen molar-refractivity contribution in [1.82, 2.24) is 5.23 Å². The topological polar surface area (TPSA) is 32.3 Å². The van der Waals surface area contributed by atoms with Crippen molar-refractivity contribution in [3.63, 3.8) is 0 Å². The smallest absolute Gasteiger partial charge is 0.373 e. The molecule has 2 N–H and O–H groups in total. The fraction of sp³-hybridized carbons (Fsp3) is 0.571. The zero-order valence-electron chi connectivity index (χ0n) is 11.6. The van der Waals surface area contributed by atoms with Gasteiger partial charge in [0, 0.05) is 0 Å². The van der Waals surface area contributed by atoms with Gasteiger partial charge in [-0.3, -0.25) is 0 Å². The molecule has 0 spiro atoms. The zero-order chi connectivity index (χ0) is 13.1. The average molecular weight is 233 g/mol. The fourth-order valence-electron chi connectivity index (χ4n) is 1.97. The Labute approximate surface area is 106 Å². The summed E-state index contributed by atoms with van der Waals surface area (Å²) >= 11 is 0. The van der Waals surface area contributed by atoms with Gasteiger partial charge in [-0.25, -0.2) is 0 Å². The molecule has 1 unspecified atom stereocenters. The lowest BCUT2D eigenvalue weighted by atomic mass is 9.85. The molecule has 0 fully saturated rings. The van der Waals surface area contributed by atoms with Gasteiger partial charge in [-0.1, -0.05) is 52.0 Å². The van der Waals surface area contributed by atoms with Gasteiger partial charge in [-0.05, 0) is 35.8 Å². The molecule has 0 saturated carbocycles. The predicted octanol–water partition coefficient (Wildman–Crippen LogP) is 2.62. The van der Waals surface area contributed by atoms with Crippen LogP contribution in [-0.2, 0) is 11.8 Å². The van der Waals surface area contributed by atoms with Crippen molar-refractivity contribution in [1.29, 1.82) is 0 Å². The quantitative estimate of drug-likeness (QED) is 0.783. The van der Waals surface area contributed by atoms with Crippen LogP contribution in [0.4, 0.5) is 0 Å². The predicted molar refractivity (Wildman–Crippen MR) is 75.3 cm³/mol. The molecule has 94 valence electrons. The Kier molecular flexibility index (Phi) is 4.78. The summed E-state index contributed by atoms with van der Waals surface area (Å²) in [4.78, 5) is 0. The van der Waals surface area contributed by atoms with Gasteiger partial charge < -0.3 is 10.3 Å². The van der Waals surface area contributed by atoms with Crippen molar-refractivity contribution in [3.05, 3.63) is 35.4 Å². The second-order valence-electron chi connectivity index (χ2n) is 5.89. The van der Waals surface area contributed by atoms with Crippen molar-refractivity contribution < 1.29 is 5.02 Å². The Bertz CT molecular complexity index is 340. The van der Waals surface area contributed by atoms with Crippen molar-refractivity contribution >= 4 is 7.05 Å². The third-order valence-corrected chi connectivity index (χ3v) is 2.89. The van der Waals surface area contributed by atoms with Crippen LogP contribution in [0.5, 0.6) is 0 Å². The van der Waals surface area contributed by atoms with Gasteiger partial charge in [-0.2, -0.15) is 0 Å². The third-order valence-electron chi connectivity index (χ3n) is 2.89. The van der Waals surface area contributed by atoms with Gasteiger partial charge >= 0.3 is 7.05 Å². The maximum absolute atomic E-state index is 9.24. The highest BCUT2D eigenvalue weighted by Gasteiger charge is 2.13. The summed E-state index contributed by atoms with van der Waals surface area (Å²) in [5.74, 6) is 0. The third kappa shape index (κ3) is 4.92. The average Bonchev–Trinajstić information content (AvgIpc) is 2.15. The normalized spacial score (nSPS) is 13.5. The largest absolute Gasteiger partial charge is 0.437 e. The van der Waals surface area contributed by atoms with E-state index in [9.17, 15) is 5.02 Å². The van der Waals surface area contributed by atoms with Crippen molar-refractivity contribution in [3.8, 4) is 0 Å². The van der Waals surface area contributed by atoms with Crippen molar-refractivity contribution in [2.75, 3.05) is 0 Å². The molecule has 0 radical (unpaired) electrons. The first-order valence-electron chi connectivity index (χ1n) is 6.32. The molecule has 0 heterocycles. The highest BCUT2D eigenvalue weighted by molar-refractivity contribution is 6.45. The number of nitrogens with one attached hydrogen (secondary N) is 1. The Morgan fingerprint density at radius 2 is 1.76 bits per heavy atom. The highest BCUT2D eigenvalue weighted by Crippen LogP contribution is 2.22. The Morgan fingerprint density at radius 1 is 1.24 bits per heavy atom. The maximum Gasteiger partial charge on any atom is 0.373 e. The molecule has 17 heavy (non-hydrogen) atoms. The van der Waals surface area contributed by atoms with E-state index in [-0.39, 0.29) is 11.5 Å². The monoisotopic (exact) mass is 233 g/mol. The molecule has 1 aromatic carbocycles. The molecule has 0 amide bonds. The van der Waals surface area contributed by atoms with E-state index in [1.807, 2.05) is 0 Å². The van der Waals surface area contributed by atoms with Crippen LogP contribution < -0.4 is 5.23 Å². The minimum absolute atomic E-state index is 0.210. The van der Waals surface area contributed by atoms with Crippen LogP contribution in [0.2, 0.25) is 6.82 Å². The van der Waals surface area contributed by atoms with Gasteiger partial charge in [0.2, 0.25) is 0 Å². The second-order valence-corrected chi connectivity index (χ2v) is 5.89. The zero-order valence-corrected chi connectivity index (χ0v) is 11.6. The molecule has 0 aliphatic heterocycles. The van der Waals surface area contributed by atoms with Gasteiger partial charge in [-0.15, -0.1) is 0 Å². The summed E-state index contributed by atoms with van der Waals surface area (Å²) in [5.41, 5.74) is 2.87. The molecule has 1 rings (SSSR count). The Balaban J connectivity index is 2.63. The lowest BCUT2D eigenvalue weighted by Gasteiger charge is -2.20. The van der Waals surface area contributed by atoms with E-state index in [2.05, 4.69) is 57.2 Å². The molecular formula is C14H24BNO. The number of benzene rings is 1. The molecule has 0 aliphatic carbocycles. The Hall–Kier alpha value is -0.795. The summed E-state index contributed by atoms with van der Waals surface area (Å²) in [5, 5.41) is 12.3. The number of rotatable bonds is 4. The van der Waals surface area contributed by atoms with E-state index in [0.717, 1.165) is 6.42 Å². The van der Waals surface area contributed by atoms with Crippen LogP contribution >= 0.6 is 0 Å². The summed E-state index contributed by atoms with van der Waals surface area (Å²) in [6.45, 7) is 10.5. The van der Waals surface area contributed by atoms with Crippen LogP contribution in [0.15, 0.2) is 24.3 Å². The summed E-state index contributed by atoms with van der Waals surface area (Å²) < 4.78 is 0. The SMILES string of the molecule is CB(O)NC(C)Cc1ccc(C(C)(C)C)cc1. The first-order chi connectivity index (χ1) is 7.79. The summed E-state index contributed by atoms with van der Waals surface area (Å²) in [6, 6.07) is 9.05. The van der Waals surface area contributed by atoms with Gasteiger partial charge in [0.05, 0.1) is 0 Å². The first kappa shape index (κ1) is 14.3. The standard InChI is InChI=1S/C14H24BNO/c1-11(16-15(5)17)10-12-6-8-13(9-7-12)14(2,3)4/h6-9,11,16-17H,10H2,1-5H3. The van der Waals surface area contributed by atoms with E-state index in [1.54, 1.807) is 6.82 Å². The molecule has 0 aromatic heterocycles. The van der Waals surface area contributed by atoms with Gasteiger partial charge in [0.15, 0.2) is 0 Å². The van der Waals surface area contributed by atoms with Crippen LogP contribution in [0.3, 0.4) is 0 Å². The van der Waals surface area contributed by atoms with E-state index < -0.39 is 7.05 Å². The number of hydrogen-bond donors (Lipinski definition) is 2. The van der Waals surface area contributed by atoms with E-state index >= 15 is 0 Å². The van der Waals surface area contributed by atoms with Gasteiger partial charge in [0.1, 0.15) is 0 Å². The maximum atomic E-state index is 9.24. The highest BCUT2D eigenvalue weighted by atomic mass is 16.2. The molecule has 2 nitrogen and oxygen atoms in total. The number of hydrogen-bond acceptors (Lipinski definition) is 2. The molecule has 1 aromatic rings. The van der Waals surface area contributed by atoms with Crippen LogP contribution in [0, 0.1) is 0 Å². The van der Waals surface area contributed by atoms with Crippen molar-refractivity contribution in [2.24, 2.45) is 0 Å². The van der Waals surface area contributed by atoms with Crippen LogP contribution in [-0.4, -0.2) is 18.1 Å². The van der Waals surface area contributed by atoms with Gasteiger partial charge in [0.25, 0.3) is 0 Å². The van der Waals surface area contributed by atoms with E-state index in [4.69, 9.17) is 0 Å². The second kappa shape index (κ2) is 5.70. The molecule has 1 atom stereocenters. The van der Waals surface area contributed by atoms with Crippen LogP contribution in [0.25, 0.3) is 0 Å².